The van der Waals surface area contributed by atoms with Gasteiger partial charge in [0.25, 0.3) is 0 Å². The van der Waals surface area contributed by atoms with Crippen molar-refractivity contribution < 1.29 is 13.9 Å². The highest BCUT2D eigenvalue weighted by Gasteiger charge is 2.14. The van der Waals surface area contributed by atoms with Gasteiger partial charge in [0, 0.05) is 16.8 Å². The zero-order valence-electron chi connectivity index (χ0n) is 13.3. The summed E-state index contributed by atoms with van der Waals surface area (Å²) >= 11 is 5.91. The molecule has 3 aromatic rings. The van der Waals surface area contributed by atoms with Crippen molar-refractivity contribution in [1.29, 1.82) is 0 Å². The number of carbonyl (C=O) groups is 1. The van der Waals surface area contributed by atoms with Crippen LogP contribution in [0, 0.1) is 6.92 Å². The van der Waals surface area contributed by atoms with Crippen molar-refractivity contribution in [3.63, 3.8) is 0 Å². The largest absolute Gasteiger partial charge is 0.427 e. The van der Waals surface area contributed by atoms with Gasteiger partial charge in [-0.25, -0.2) is 4.79 Å². The van der Waals surface area contributed by atoms with E-state index in [-0.39, 0.29) is 12.4 Å². The number of rotatable bonds is 3. The monoisotopic (exact) mass is 342 g/mol. The van der Waals surface area contributed by atoms with E-state index in [1.807, 2.05) is 6.92 Å². The molecule has 1 aromatic heterocycles. The van der Waals surface area contributed by atoms with Crippen molar-refractivity contribution in [2.24, 2.45) is 0 Å². The lowest BCUT2D eigenvalue weighted by Gasteiger charge is -2.09. The number of hydrogen-bond acceptors (Lipinski definition) is 4. The van der Waals surface area contributed by atoms with Crippen LogP contribution in [-0.2, 0) is 4.79 Å². The van der Waals surface area contributed by atoms with Gasteiger partial charge in [-0.05, 0) is 48.4 Å². The number of carbonyl (C=O) groups excluding carboxylic acids is 1. The molecule has 0 bridgehead atoms. The maximum absolute atomic E-state index is 12.4. The van der Waals surface area contributed by atoms with Crippen LogP contribution < -0.4 is 10.4 Å². The molecule has 0 amide bonds. The first-order chi connectivity index (χ1) is 11.5. The van der Waals surface area contributed by atoms with E-state index in [0.29, 0.717) is 21.9 Å². The Morgan fingerprint density at radius 3 is 2.54 bits per heavy atom. The van der Waals surface area contributed by atoms with E-state index in [1.54, 1.807) is 49.4 Å². The van der Waals surface area contributed by atoms with Gasteiger partial charge in [-0.15, -0.1) is 0 Å². The zero-order chi connectivity index (χ0) is 17.3. The van der Waals surface area contributed by atoms with Gasteiger partial charge in [0.2, 0.25) is 0 Å². The van der Waals surface area contributed by atoms with Gasteiger partial charge in [0.1, 0.15) is 11.3 Å². The summed E-state index contributed by atoms with van der Waals surface area (Å²) < 4.78 is 10.7. The predicted molar refractivity (Wildman–Crippen MR) is 93.6 cm³/mol. The molecule has 0 N–H and O–H groups in total. The van der Waals surface area contributed by atoms with Crippen molar-refractivity contribution in [3.05, 3.63) is 63.5 Å². The van der Waals surface area contributed by atoms with Gasteiger partial charge in [0.05, 0.1) is 5.56 Å². The number of fused-ring (bicyclic) bond motifs is 1. The van der Waals surface area contributed by atoms with E-state index in [2.05, 4.69) is 0 Å². The minimum Gasteiger partial charge on any atom is -0.427 e. The maximum Gasteiger partial charge on any atom is 0.344 e. The van der Waals surface area contributed by atoms with Gasteiger partial charge in [-0.1, -0.05) is 30.7 Å². The third-order valence-electron chi connectivity index (χ3n) is 3.79. The van der Waals surface area contributed by atoms with Crippen LogP contribution >= 0.6 is 11.6 Å². The summed E-state index contributed by atoms with van der Waals surface area (Å²) in [5.74, 6) is 0.107. The third-order valence-corrected chi connectivity index (χ3v) is 4.04. The van der Waals surface area contributed by atoms with Gasteiger partial charge >= 0.3 is 11.6 Å². The first-order valence-corrected chi connectivity index (χ1v) is 7.91. The summed E-state index contributed by atoms with van der Waals surface area (Å²) in [7, 11) is 0. The lowest BCUT2D eigenvalue weighted by Crippen LogP contribution is -2.07. The Labute approximate surface area is 143 Å². The zero-order valence-corrected chi connectivity index (χ0v) is 14.0. The fraction of sp³-hybridized carbons (Fsp3) is 0.158. The molecular formula is C19H15ClO4. The minimum atomic E-state index is -0.416. The molecule has 4 nitrogen and oxygen atoms in total. The molecule has 0 atom stereocenters. The van der Waals surface area contributed by atoms with Crippen LogP contribution in [0.5, 0.6) is 5.75 Å². The van der Waals surface area contributed by atoms with E-state index in [0.717, 1.165) is 16.5 Å². The van der Waals surface area contributed by atoms with Crippen LogP contribution in [0.4, 0.5) is 0 Å². The molecule has 0 spiro atoms. The standard InChI is InChI=1S/C19H15ClO4/c1-3-17(21)23-14-8-9-16-15(10-14)11(2)18(19(22)24-16)12-4-6-13(20)7-5-12/h4-10H,3H2,1-2H3. The molecule has 1 heterocycles. The lowest BCUT2D eigenvalue weighted by molar-refractivity contribution is -0.134. The molecule has 0 aliphatic heterocycles. The highest BCUT2D eigenvalue weighted by molar-refractivity contribution is 6.30. The first-order valence-electron chi connectivity index (χ1n) is 7.53. The van der Waals surface area contributed by atoms with E-state index in [9.17, 15) is 9.59 Å². The number of hydrogen-bond donors (Lipinski definition) is 0. The normalized spacial score (nSPS) is 10.8. The number of aryl methyl sites for hydroxylation is 1. The van der Waals surface area contributed by atoms with Crippen LogP contribution in [0.2, 0.25) is 5.02 Å². The molecule has 3 rings (SSSR count). The van der Waals surface area contributed by atoms with Crippen molar-refractivity contribution in [1.82, 2.24) is 0 Å². The number of benzene rings is 2. The van der Waals surface area contributed by atoms with E-state index >= 15 is 0 Å². The summed E-state index contributed by atoms with van der Waals surface area (Å²) in [6, 6.07) is 11.9. The molecule has 122 valence electrons. The second kappa shape index (κ2) is 6.49. The molecule has 24 heavy (non-hydrogen) atoms. The maximum atomic E-state index is 12.4. The molecule has 0 saturated carbocycles. The van der Waals surface area contributed by atoms with E-state index < -0.39 is 5.63 Å². The summed E-state index contributed by atoms with van der Waals surface area (Å²) in [6.07, 6.45) is 0.289. The summed E-state index contributed by atoms with van der Waals surface area (Å²) in [4.78, 5) is 23.8. The number of ether oxygens (including phenoxy) is 1. The Morgan fingerprint density at radius 1 is 1.17 bits per heavy atom. The van der Waals surface area contributed by atoms with Gasteiger partial charge in [0.15, 0.2) is 0 Å². The molecule has 0 radical (unpaired) electrons. The second-order valence-corrected chi connectivity index (χ2v) is 5.82. The van der Waals surface area contributed by atoms with Gasteiger partial charge in [-0.2, -0.15) is 0 Å². The molecule has 5 heteroatoms. The Hall–Kier alpha value is -2.59. The molecule has 0 aliphatic carbocycles. The third kappa shape index (κ3) is 3.05. The molecule has 0 saturated heterocycles. The molecule has 2 aromatic carbocycles. The minimum absolute atomic E-state index is 0.289. The fourth-order valence-corrected chi connectivity index (χ4v) is 2.67. The predicted octanol–water partition coefficient (Wildman–Crippen LogP) is 4.74. The fourth-order valence-electron chi connectivity index (χ4n) is 2.55. The Bertz CT molecular complexity index is 971. The molecule has 0 aliphatic rings. The molecular weight excluding hydrogens is 328 g/mol. The quantitative estimate of drug-likeness (QED) is 0.392. The Kier molecular flexibility index (Phi) is 4.40. The Morgan fingerprint density at radius 2 is 1.88 bits per heavy atom. The van der Waals surface area contributed by atoms with Crippen LogP contribution in [0.1, 0.15) is 18.9 Å². The number of halogens is 1. The topological polar surface area (TPSA) is 56.5 Å². The van der Waals surface area contributed by atoms with E-state index in [4.69, 9.17) is 20.8 Å². The number of esters is 1. The summed E-state index contributed by atoms with van der Waals surface area (Å²) in [5, 5.41) is 1.32. The average Bonchev–Trinajstić information content (AvgIpc) is 2.57. The molecule has 0 fully saturated rings. The second-order valence-electron chi connectivity index (χ2n) is 5.38. The van der Waals surface area contributed by atoms with Gasteiger partial charge in [-0.3, -0.25) is 4.79 Å². The summed E-state index contributed by atoms with van der Waals surface area (Å²) in [6.45, 7) is 3.57. The first kappa shape index (κ1) is 16.3. The van der Waals surface area contributed by atoms with Crippen LogP contribution in [0.25, 0.3) is 22.1 Å². The van der Waals surface area contributed by atoms with Crippen LogP contribution in [0.15, 0.2) is 51.7 Å². The smallest absolute Gasteiger partial charge is 0.344 e. The molecule has 0 unspecified atom stereocenters. The van der Waals surface area contributed by atoms with Crippen molar-refractivity contribution in [3.8, 4) is 16.9 Å². The summed E-state index contributed by atoms with van der Waals surface area (Å²) in [5.41, 5.74) is 1.99. The van der Waals surface area contributed by atoms with Crippen molar-refractivity contribution >= 4 is 28.5 Å². The SMILES string of the molecule is CCC(=O)Oc1ccc2oc(=O)c(-c3ccc(Cl)cc3)c(C)c2c1. The van der Waals surface area contributed by atoms with Crippen LogP contribution in [0.3, 0.4) is 0 Å². The van der Waals surface area contributed by atoms with E-state index in [1.165, 1.54) is 0 Å². The van der Waals surface area contributed by atoms with Crippen molar-refractivity contribution in [2.45, 2.75) is 20.3 Å². The van der Waals surface area contributed by atoms with Gasteiger partial charge < -0.3 is 9.15 Å². The highest BCUT2D eigenvalue weighted by atomic mass is 35.5. The Balaban J connectivity index is 2.18. The average molecular weight is 343 g/mol. The lowest BCUT2D eigenvalue weighted by atomic mass is 9.99. The highest BCUT2D eigenvalue weighted by Crippen LogP contribution is 2.29. The van der Waals surface area contributed by atoms with Crippen molar-refractivity contribution in [2.75, 3.05) is 0 Å². The van der Waals surface area contributed by atoms with Crippen LogP contribution in [-0.4, -0.2) is 5.97 Å².